The van der Waals surface area contributed by atoms with Gasteiger partial charge in [0.2, 0.25) is 5.88 Å². The molecule has 1 aromatic carbocycles. The van der Waals surface area contributed by atoms with Crippen molar-refractivity contribution in [3.05, 3.63) is 36.0 Å². The van der Waals surface area contributed by atoms with Crippen molar-refractivity contribution < 1.29 is 29.3 Å². The second kappa shape index (κ2) is 10.1. The fourth-order valence-electron chi connectivity index (χ4n) is 2.26. The van der Waals surface area contributed by atoms with E-state index in [2.05, 4.69) is 9.97 Å². The van der Waals surface area contributed by atoms with E-state index < -0.39 is 11.9 Å². The molecule has 2 aromatic rings. The second-order valence-corrected chi connectivity index (χ2v) is 5.89. The molecule has 0 amide bonds. The molecule has 2 N–H and O–H groups in total. The van der Waals surface area contributed by atoms with E-state index in [1.807, 2.05) is 19.1 Å². The van der Waals surface area contributed by atoms with Crippen LogP contribution in [0.5, 0.6) is 11.6 Å². The van der Waals surface area contributed by atoms with Crippen molar-refractivity contribution in [2.75, 3.05) is 13.2 Å². The Balaban J connectivity index is 1.96. The summed E-state index contributed by atoms with van der Waals surface area (Å²) in [6.45, 7) is 2.43. The van der Waals surface area contributed by atoms with Crippen LogP contribution in [0, 0.1) is 6.92 Å². The van der Waals surface area contributed by atoms with E-state index in [-0.39, 0.29) is 19.4 Å². The number of carboxylic acids is 2. The quantitative estimate of drug-likeness (QED) is 0.576. The molecule has 0 aliphatic heterocycles. The lowest BCUT2D eigenvalue weighted by Gasteiger charge is -2.09. The number of carboxylic acid groups (broad SMARTS) is 2. The Hall–Kier alpha value is -3.16. The van der Waals surface area contributed by atoms with E-state index in [0.717, 1.165) is 11.3 Å². The molecule has 0 bridgehead atoms. The van der Waals surface area contributed by atoms with E-state index in [1.54, 1.807) is 18.2 Å². The van der Waals surface area contributed by atoms with Crippen LogP contribution in [0.15, 0.2) is 30.3 Å². The zero-order valence-corrected chi connectivity index (χ0v) is 15.1. The first-order valence-corrected chi connectivity index (χ1v) is 8.59. The number of rotatable bonds is 11. The molecule has 0 aliphatic carbocycles. The van der Waals surface area contributed by atoms with Crippen molar-refractivity contribution in [2.24, 2.45) is 0 Å². The van der Waals surface area contributed by atoms with Gasteiger partial charge in [0.05, 0.1) is 13.2 Å². The summed E-state index contributed by atoms with van der Waals surface area (Å²) in [7, 11) is 0. The van der Waals surface area contributed by atoms with Crippen molar-refractivity contribution in [2.45, 2.75) is 32.6 Å². The van der Waals surface area contributed by atoms with Crippen LogP contribution in [0.2, 0.25) is 0 Å². The van der Waals surface area contributed by atoms with Crippen molar-refractivity contribution in [3.63, 3.8) is 0 Å². The van der Waals surface area contributed by atoms with E-state index in [0.29, 0.717) is 36.9 Å². The lowest BCUT2D eigenvalue weighted by molar-refractivity contribution is -0.138. The predicted molar refractivity (Wildman–Crippen MR) is 96.9 cm³/mol. The number of benzene rings is 1. The third kappa shape index (κ3) is 7.31. The van der Waals surface area contributed by atoms with Crippen LogP contribution in [0.1, 0.15) is 31.4 Å². The Bertz CT molecular complexity index is 776. The third-order valence-electron chi connectivity index (χ3n) is 3.53. The molecule has 1 heterocycles. The van der Waals surface area contributed by atoms with Gasteiger partial charge in [-0.05, 0) is 44.0 Å². The van der Waals surface area contributed by atoms with Gasteiger partial charge in [-0.1, -0.05) is 0 Å². The van der Waals surface area contributed by atoms with E-state index in [9.17, 15) is 9.59 Å². The second-order valence-electron chi connectivity index (χ2n) is 5.89. The normalized spacial score (nSPS) is 10.4. The summed E-state index contributed by atoms with van der Waals surface area (Å²) in [5.74, 6) is -0.158. The number of nitrogens with zero attached hydrogens (tertiary/aromatic N) is 2. The van der Waals surface area contributed by atoms with Gasteiger partial charge in [-0.25, -0.2) is 4.98 Å². The standard InChI is InChI=1S/C19H22N2O6/c1-13-12-16(27-11-3-5-18(24)25)21-19(20-13)14-6-8-15(9-7-14)26-10-2-4-17(22)23/h6-9,12H,2-5,10-11H2,1H3,(H,22,23)(H,24,25). The van der Waals surface area contributed by atoms with Gasteiger partial charge in [0, 0.05) is 30.2 Å². The lowest BCUT2D eigenvalue weighted by Crippen LogP contribution is -2.04. The maximum Gasteiger partial charge on any atom is 0.303 e. The van der Waals surface area contributed by atoms with Gasteiger partial charge >= 0.3 is 11.9 Å². The number of aliphatic carboxylic acids is 2. The summed E-state index contributed by atoms with van der Waals surface area (Å²) in [5, 5.41) is 17.2. The molecule has 2 rings (SSSR count). The number of aromatic nitrogens is 2. The van der Waals surface area contributed by atoms with Crippen molar-refractivity contribution in [1.29, 1.82) is 0 Å². The molecule has 27 heavy (non-hydrogen) atoms. The number of hydrogen-bond acceptors (Lipinski definition) is 6. The zero-order valence-electron chi connectivity index (χ0n) is 15.1. The molecule has 8 nitrogen and oxygen atoms in total. The summed E-state index contributed by atoms with van der Waals surface area (Å²) in [4.78, 5) is 29.8. The Kier molecular flexibility index (Phi) is 7.54. The van der Waals surface area contributed by atoms with Crippen LogP contribution >= 0.6 is 0 Å². The van der Waals surface area contributed by atoms with Gasteiger partial charge in [-0.2, -0.15) is 4.98 Å². The van der Waals surface area contributed by atoms with Gasteiger partial charge in [0.25, 0.3) is 0 Å². The molecule has 0 saturated heterocycles. The molecule has 0 radical (unpaired) electrons. The number of aryl methyl sites for hydroxylation is 1. The molecular formula is C19H22N2O6. The molecule has 8 heteroatoms. The van der Waals surface area contributed by atoms with E-state index in [4.69, 9.17) is 19.7 Å². The largest absolute Gasteiger partial charge is 0.494 e. The Morgan fingerprint density at radius 1 is 0.926 bits per heavy atom. The molecule has 0 unspecified atom stereocenters. The molecular weight excluding hydrogens is 352 g/mol. The maximum absolute atomic E-state index is 10.5. The molecule has 0 fully saturated rings. The molecule has 0 aliphatic rings. The Morgan fingerprint density at radius 2 is 1.52 bits per heavy atom. The first-order chi connectivity index (χ1) is 12.9. The molecule has 144 valence electrons. The highest BCUT2D eigenvalue weighted by Crippen LogP contribution is 2.22. The van der Waals surface area contributed by atoms with Crippen LogP contribution in [-0.4, -0.2) is 45.3 Å². The number of ether oxygens (including phenoxy) is 2. The van der Waals surface area contributed by atoms with Crippen LogP contribution in [0.25, 0.3) is 11.4 Å². The smallest absolute Gasteiger partial charge is 0.303 e. The van der Waals surface area contributed by atoms with Gasteiger partial charge in [0.15, 0.2) is 5.82 Å². The first-order valence-electron chi connectivity index (χ1n) is 8.59. The fourth-order valence-corrected chi connectivity index (χ4v) is 2.26. The van der Waals surface area contributed by atoms with Crippen LogP contribution < -0.4 is 9.47 Å². The summed E-state index contributed by atoms with van der Waals surface area (Å²) >= 11 is 0. The molecule has 0 saturated carbocycles. The van der Waals surface area contributed by atoms with Crippen molar-refractivity contribution >= 4 is 11.9 Å². The topological polar surface area (TPSA) is 119 Å². The predicted octanol–water partition coefficient (Wildman–Crippen LogP) is 2.94. The minimum atomic E-state index is -0.858. The summed E-state index contributed by atoms with van der Waals surface area (Å²) < 4.78 is 11.0. The summed E-state index contributed by atoms with van der Waals surface area (Å²) in [5.41, 5.74) is 1.52. The summed E-state index contributed by atoms with van der Waals surface area (Å²) in [6.07, 6.45) is 0.970. The molecule has 1 aromatic heterocycles. The van der Waals surface area contributed by atoms with Crippen LogP contribution in [-0.2, 0) is 9.59 Å². The fraction of sp³-hybridized carbons (Fsp3) is 0.368. The highest BCUT2D eigenvalue weighted by molar-refractivity contribution is 5.66. The SMILES string of the molecule is Cc1cc(OCCCC(=O)O)nc(-c2ccc(OCCCC(=O)O)cc2)n1. The van der Waals surface area contributed by atoms with Crippen LogP contribution in [0.4, 0.5) is 0 Å². The maximum atomic E-state index is 10.5. The number of hydrogen-bond donors (Lipinski definition) is 2. The molecule has 0 spiro atoms. The van der Waals surface area contributed by atoms with Crippen molar-refractivity contribution in [3.8, 4) is 23.0 Å². The van der Waals surface area contributed by atoms with Crippen molar-refractivity contribution in [1.82, 2.24) is 9.97 Å². The Labute approximate surface area is 156 Å². The highest BCUT2D eigenvalue weighted by atomic mass is 16.5. The monoisotopic (exact) mass is 374 g/mol. The third-order valence-corrected chi connectivity index (χ3v) is 3.53. The average Bonchev–Trinajstić information content (AvgIpc) is 2.62. The molecule has 0 atom stereocenters. The zero-order chi connectivity index (χ0) is 19.6. The van der Waals surface area contributed by atoms with Gasteiger partial charge in [-0.3, -0.25) is 9.59 Å². The lowest BCUT2D eigenvalue weighted by atomic mass is 10.2. The number of carbonyl (C=O) groups is 2. The summed E-state index contributed by atoms with van der Waals surface area (Å²) in [6, 6.07) is 8.87. The Morgan fingerprint density at radius 3 is 2.11 bits per heavy atom. The van der Waals surface area contributed by atoms with Crippen LogP contribution in [0.3, 0.4) is 0 Å². The average molecular weight is 374 g/mol. The van der Waals surface area contributed by atoms with E-state index in [1.165, 1.54) is 0 Å². The van der Waals surface area contributed by atoms with Gasteiger partial charge < -0.3 is 19.7 Å². The highest BCUT2D eigenvalue weighted by Gasteiger charge is 2.07. The van der Waals surface area contributed by atoms with Gasteiger partial charge in [0.1, 0.15) is 5.75 Å². The minimum Gasteiger partial charge on any atom is -0.494 e. The first kappa shape index (κ1) is 20.2. The van der Waals surface area contributed by atoms with Gasteiger partial charge in [-0.15, -0.1) is 0 Å². The van der Waals surface area contributed by atoms with E-state index >= 15 is 0 Å². The minimum absolute atomic E-state index is 0.0465.